The first-order valence-corrected chi connectivity index (χ1v) is 12.1. The quantitative estimate of drug-likeness (QED) is 0.241. The maximum atomic E-state index is 11.0. The second-order valence-electron chi connectivity index (χ2n) is 9.05. The van der Waals surface area contributed by atoms with E-state index >= 15 is 0 Å². The zero-order valence-electron chi connectivity index (χ0n) is 19.1. The van der Waals surface area contributed by atoms with Crippen molar-refractivity contribution in [3.05, 3.63) is 29.3 Å². The summed E-state index contributed by atoms with van der Waals surface area (Å²) in [5, 5.41) is 53.1. The van der Waals surface area contributed by atoms with Gasteiger partial charge in [-0.1, -0.05) is 50.7 Å². The molecule has 186 valence electrons. The molecule has 0 spiro atoms. The summed E-state index contributed by atoms with van der Waals surface area (Å²) in [7, 11) is 0. The average Bonchev–Trinajstić information content (AvgIpc) is 3.03. The lowest BCUT2D eigenvalue weighted by atomic mass is 10.0. The van der Waals surface area contributed by atoms with Crippen molar-refractivity contribution >= 4 is 5.97 Å². The van der Waals surface area contributed by atoms with Crippen LogP contribution in [0.4, 0.5) is 0 Å². The summed E-state index contributed by atoms with van der Waals surface area (Å²) >= 11 is 0. The molecule has 2 aliphatic heterocycles. The van der Waals surface area contributed by atoms with Gasteiger partial charge in [-0.25, -0.2) is 4.90 Å². The van der Waals surface area contributed by atoms with E-state index in [0.717, 1.165) is 51.4 Å². The lowest BCUT2D eigenvalue weighted by Crippen LogP contribution is -2.57. The second-order valence-corrected chi connectivity index (χ2v) is 9.05. The van der Waals surface area contributed by atoms with Gasteiger partial charge in [-0.05, 0) is 31.7 Å². The Labute approximate surface area is 195 Å². The Bertz CT molecular complexity index is 762. The molecule has 9 heteroatoms. The lowest BCUT2D eigenvalue weighted by Gasteiger charge is -2.40. The van der Waals surface area contributed by atoms with E-state index in [2.05, 4.69) is 5.32 Å². The Morgan fingerprint density at radius 3 is 2.27 bits per heavy atom. The number of aliphatic carboxylic acids is 1. The first-order chi connectivity index (χ1) is 15.9. The SMILES string of the molecule is O=C(O)CCCCCCCCCCOc1cccc2c1C(O)N(C1CCC(O)NC1O)C2O. The van der Waals surface area contributed by atoms with Crippen molar-refractivity contribution in [1.82, 2.24) is 10.2 Å². The molecular formula is C24H38N2O7. The molecule has 3 rings (SSSR count). The molecule has 1 aromatic carbocycles. The molecule has 0 aliphatic carbocycles. The van der Waals surface area contributed by atoms with Crippen molar-refractivity contribution in [2.24, 2.45) is 0 Å². The highest BCUT2D eigenvalue weighted by Gasteiger charge is 2.46. The van der Waals surface area contributed by atoms with E-state index in [4.69, 9.17) is 9.84 Å². The molecule has 0 aromatic heterocycles. The van der Waals surface area contributed by atoms with Crippen LogP contribution < -0.4 is 10.1 Å². The van der Waals surface area contributed by atoms with Crippen LogP contribution in [0.1, 0.15) is 94.2 Å². The van der Waals surface area contributed by atoms with Crippen molar-refractivity contribution in [1.29, 1.82) is 0 Å². The fourth-order valence-electron chi connectivity index (χ4n) is 4.81. The highest BCUT2D eigenvalue weighted by molar-refractivity contribution is 5.66. The van der Waals surface area contributed by atoms with E-state index in [1.807, 2.05) is 0 Å². The zero-order chi connectivity index (χ0) is 23.8. The summed E-state index contributed by atoms with van der Waals surface area (Å²) in [5.41, 5.74) is 1.10. The van der Waals surface area contributed by atoms with Crippen LogP contribution in [0, 0.1) is 0 Å². The normalized spacial score (nSPS) is 27.5. The Hall–Kier alpha value is -1.75. The Morgan fingerprint density at radius 2 is 1.61 bits per heavy atom. The van der Waals surface area contributed by atoms with Gasteiger partial charge >= 0.3 is 5.97 Å². The predicted molar refractivity (Wildman–Crippen MR) is 121 cm³/mol. The third kappa shape index (κ3) is 6.88. The van der Waals surface area contributed by atoms with Gasteiger partial charge in [0.1, 0.15) is 30.7 Å². The standard InChI is InChI=1S/C24H38N2O7/c27-19-14-13-17(22(30)25-19)26-23(31)16-10-9-11-18(21(16)24(26)32)33-15-8-6-4-2-1-3-5-7-12-20(28)29/h9-11,17,19,22-25,27,30-32H,1-8,12-15H2,(H,28,29). The van der Waals surface area contributed by atoms with E-state index in [9.17, 15) is 25.2 Å². The number of benzene rings is 1. The van der Waals surface area contributed by atoms with E-state index in [0.29, 0.717) is 36.3 Å². The minimum atomic E-state index is -1.11. The van der Waals surface area contributed by atoms with E-state index in [1.165, 1.54) is 4.90 Å². The number of nitrogens with one attached hydrogen (secondary N) is 1. The van der Waals surface area contributed by atoms with Gasteiger partial charge in [0.05, 0.1) is 12.6 Å². The molecule has 1 fully saturated rings. The van der Waals surface area contributed by atoms with Crippen LogP contribution in [-0.4, -0.2) is 61.5 Å². The van der Waals surface area contributed by atoms with Gasteiger partial charge in [-0.2, -0.15) is 0 Å². The molecule has 5 unspecified atom stereocenters. The van der Waals surface area contributed by atoms with Crippen molar-refractivity contribution < 1.29 is 35.1 Å². The predicted octanol–water partition coefficient (Wildman–Crippen LogP) is 2.35. The Morgan fingerprint density at radius 1 is 0.939 bits per heavy atom. The number of aliphatic hydroxyl groups excluding tert-OH is 4. The van der Waals surface area contributed by atoms with Gasteiger partial charge in [0.2, 0.25) is 0 Å². The van der Waals surface area contributed by atoms with E-state index in [1.54, 1.807) is 18.2 Å². The molecule has 6 N–H and O–H groups in total. The molecule has 5 atom stereocenters. The highest BCUT2D eigenvalue weighted by Crippen LogP contribution is 2.46. The van der Waals surface area contributed by atoms with Gasteiger partial charge in [0.15, 0.2) is 0 Å². The van der Waals surface area contributed by atoms with Gasteiger partial charge in [0.25, 0.3) is 0 Å². The summed E-state index contributed by atoms with van der Waals surface area (Å²) < 4.78 is 5.96. The van der Waals surface area contributed by atoms with Crippen LogP contribution >= 0.6 is 0 Å². The second kappa shape index (κ2) is 12.6. The van der Waals surface area contributed by atoms with Crippen molar-refractivity contribution in [3.8, 4) is 5.75 Å². The van der Waals surface area contributed by atoms with Crippen LogP contribution in [0.25, 0.3) is 0 Å². The molecule has 2 heterocycles. The fourth-order valence-corrected chi connectivity index (χ4v) is 4.81. The van der Waals surface area contributed by atoms with Crippen LogP contribution in [0.2, 0.25) is 0 Å². The number of hydrogen-bond donors (Lipinski definition) is 6. The number of unbranched alkanes of at least 4 members (excludes halogenated alkanes) is 7. The fraction of sp³-hybridized carbons (Fsp3) is 0.708. The summed E-state index contributed by atoms with van der Waals surface area (Å²) in [6, 6.07) is 4.79. The van der Waals surface area contributed by atoms with Crippen molar-refractivity contribution in [2.75, 3.05) is 6.61 Å². The number of fused-ring (bicyclic) bond motifs is 1. The molecule has 0 saturated carbocycles. The summed E-state index contributed by atoms with van der Waals surface area (Å²) in [6.07, 6.45) is 5.12. The number of carboxylic acid groups (broad SMARTS) is 1. The largest absolute Gasteiger partial charge is 0.493 e. The van der Waals surface area contributed by atoms with Crippen molar-refractivity contribution in [2.45, 2.75) is 102 Å². The first-order valence-electron chi connectivity index (χ1n) is 12.1. The topological polar surface area (TPSA) is 143 Å². The number of hydrogen-bond acceptors (Lipinski definition) is 8. The minimum Gasteiger partial charge on any atom is -0.493 e. The van der Waals surface area contributed by atoms with Crippen molar-refractivity contribution in [3.63, 3.8) is 0 Å². The first kappa shape index (κ1) is 25.9. The zero-order valence-corrected chi connectivity index (χ0v) is 19.1. The lowest BCUT2D eigenvalue weighted by molar-refractivity contribution is -0.159. The molecule has 0 amide bonds. The van der Waals surface area contributed by atoms with Crippen LogP contribution in [0.3, 0.4) is 0 Å². The monoisotopic (exact) mass is 466 g/mol. The average molecular weight is 467 g/mol. The minimum absolute atomic E-state index is 0.255. The van der Waals surface area contributed by atoms with Gasteiger partial charge in [-0.15, -0.1) is 0 Å². The van der Waals surface area contributed by atoms with Crippen LogP contribution in [0.5, 0.6) is 5.75 Å². The number of piperidine rings is 1. The number of nitrogens with zero attached hydrogens (tertiary/aromatic N) is 1. The molecule has 0 radical (unpaired) electrons. The number of ether oxygens (including phenoxy) is 1. The number of carboxylic acids is 1. The molecule has 33 heavy (non-hydrogen) atoms. The van der Waals surface area contributed by atoms with E-state index in [-0.39, 0.29) is 6.42 Å². The third-order valence-electron chi connectivity index (χ3n) is 6.59. The van der Waals surface area contributed by atoms with Crippen LogP contribution in [0.15, 0.2) is 18.2 Å². The molecular weight excluding hydrogens is 428 g/mol. The molecule has 1 aromatic rings. The highest BCUT2D eigenvalue weighted by atomic mass is 16.5. The maximum absolute atomic E-state index is 11.0. The molecule has 1 saturated heterocycles. The van der Waals surface area contributed by atoms with Crippen LogP contribution in [-0.2, 0) is 4.79 Å². The number of aliphatic hydroxyl groups is 4. The molecule has 0 bridgehead atoms. The third-order valence-corrected chi connectivity index (χ3v) is 6.59. The van der Waals surface area contributed by atoms with Gasteiger partial charge in [-0.3, -0.25) is 10.1 Å². The summed E-state index contributed by atoms with van der Waals surface area (Å²) in [5.74, 6) is -0.185. The smallest absolute Gasteiger partial charge is 0.303 e. The Kier molecular flexibility index (Phi) is 9.91. The summed E-state index contributed by atoms with van der Waals surface area (Å²) in [6.45, 7) is 0.512. The molecule has 2 aliphatic rings. The Balaban J connectivity index is 1.42. The number of carbonyl (C=O) groups is 1. The summed E-state index contributed by atoms with van der Waals surface area (Å²) in [4.78, 5) is 12.0. The van der Waals surface area contributed by atoms with E-state index < -0.39 is 36.9 Å². The number of rotatable bonds is 13. The maximum Gasteiger partial charge on any atom is 0.303 e. The molecule has 9 nitrogen and oxygen atoms in total. The van der Waals surface area contributed by atoms with Gasteiger partial charge < -0.3 is 30.3 Å². The van der Waals surface area contributed by atoms with Gasteiger partial charge in [0, 0.05) is 17.5 Å².